The Morgan fingerprint density at radius 3 is 2.88 bits per heavy atom. The molecule has 0 aliphatic carbocycles. The lowest BCUT2D eigenvalue weighted by atomic mass is 10.2. The maximum atomic E-state index is 11.9. The SMILES string of the molecule is CC(=Cc1csc(-c2ccccn2)n1)c1nc(C)c(C#N)c(=O)[nH]1. The summed E-state index contributed by atoms with van der Waals surface area (Å²) in [6, 6.07) is 7.54. The van der Waals surface area contributed by atoms with Crippen LogP contribution in [-0.4, -0.2) is 19.9 Å². The van der Waals surface area contributed by atoms with Gasteiger partial charge in [0.15, 0.2) is 0 Å². The van der Waals surface area contributed by atoms with Crippen molar-refractivity contribution in [3.8, 4) is 16.8 Å². The zero-order valence-corrected chi connectivity index (χ0v) is 13.9. The summed E-state index contributed by atoms with van der Waals surface area (Å²) >= 11 is 1.50. The van der Waals surface area contributed by atoms with Crippen LogP contribution in [0.25, 0.3) is 22.4 Å². The van der Waals surface area contributed by atoms with Crippen molar-refractivity contribution >= 4 is 23.0 Å². The molecule has 0 radical (unpaired) electrons. The van der Waals surface area contributed by atoms with E-state index in [0.717, 1.165) is 22.0 Å². The second kappa shape index (κ2) is 6.56. The average Bonchev–Trinajstić information content (AvgIpc) is 3.04. The van der Waals surface area contributed by atoms with E-state index in [1.54, 1.807) is 13.1 Å². The van der Waals surface area contributed by atoms with Crippen molar-refractivity contribution in [1.82, 2.24) is 19.9 Å². The molecule has 0 spiro atoms. The molecule has 1 N–H and O–H groups in total. The molecular formula is C17H13N5OS. The largest absolute Gasteiger partial charge is 0.306 e. The van der Waals surface area contributed by atoms with Gasteiger partial charge in [0.1, 0.15) is 22.5 Å². The Morgan fingerprint density at radius 1 is 1.38 bits per heavy atom. The fourth-order valence-electron chi connectivity index (χ4n) is 2.15. The second-order valence-electron chi connectivity index (χ2n) is 5.11. The first-order valence-corrected chi connectivity index (χ1v) is 8.03. The van der Waals surface area contributed by atoms with Gasteiger partial charge >= 0.3 is 0 Å². The highest BCUT2D eigenvalue weighted by Crippen LogP contribution is 2.23. The summed E-state index contributed by atoms with van der Waals surface area (Å²) in [5.74, 6) is 0.434. The number of thiazole rings is 1. The molecule has 0 bridgehead atoms. The van der Waals surface area contributed by atoms with Crippen LogP contribution in [-0.2, 0) is 0 Å². The number of hydrogen-bond acceptors (Lipinski definition) is 6. The number of rotatable bonds is 3. The third kappa shape index (κ3) is 3.14. The zero-order chi connectivity index (χ0) is 17.1. The molecule has 6 nitrogen and oxygen atoms in total. The second-order valence-corrected chi connectivity index (χ2v) is 5.96. The predicted molar refractivity (Wildman–Crippen MR) is 93.2 cm³/mol. The van der Waals surface area contributed by atoms with Crippen LogP contribution >= 0.6 is 11.3 Å². The summed E-state index contributed by atoms with van der Waals surface area (Å²) in [5, 5.41) is 11.7. The van der Waals surface area contributed by atoms with E-state index < -0.39 is 5.56 Å². The first-order chi connectivity index (χ1) is 11.6. The Kier molecular flexibility index (Phi) is 4.31. The summed E-state index contributed by atoms with van der Waals surface area (Å²) in [4.78, 5) is 27.6. The van der Waals surface area contributed by atoms with Crippen molar-refractivity contribution in [3.63, 3.8) is 0 Å². The van der Waals surface area contributed by atoms with Gasteiger partial charge in [0, 0.05) is 11.6 Å². The van der Waals surface area contributed by atoms with Crippen molar-refractivity contribution in [2.75, 3.05) is 0 Å². The predicted octanol–water partition coefficient (Wildman–Crippen LogP) is 3.03. The summed E-state index contributed by atoms with van der Waals surface area (Å²) in [6.45, 7) is 3.48. The molecule has 0 aliphatic rings. The number of aromatic nitrogens is 4. The number of nitrogens with one attached hydrogen (secondary N) is 1. The molecule has 3 heterocycles. The highest BCUT2D eigenvalue weighted by atomic mass is 32.1. The summed E-state index contributed by atoms with van der Waals surface area (Å²) < 4.78 is 0. The Balaban J connectivity index is 1.94. The quantitative estimate of drug-likeness (QED) is 0.794. The normalized spacial score (nSPS) is 11.3. The molecule has 118 valence electrons. The monoisotopic (exact) mass is 335 g/mol. The maximum absolute atomic E-state index is 11.9. The Bertz CT molecular complexity index is 1010. The Morgan fingerprint density at radius 2 is 2.21 bits per heavy atom. The van der Waals surface area contributed by atoms with E-state index in [1.165, 1.54) is 11.3 Å². The minimum atomic E-state index is -0.430. The van der Waals surface area contributed by atoms with Gasteiger partial charge in [-0.05, 0) is 37.6 Å². The van der Waals surface area contributed by atoms with Gasteiger partial charge in [-0.1, -0.05) is 6.07 Å². The molecule has 3 rings (SSSR count). The van der Waals surface area contributed by atoms with E-state index in [-0.39, 0.29) is 5.56 Å². The number of aromatic amines is 1. The highest BCUT2D eigenvalue weighted by molar-refractivity contribution is 7.13. The number of hydrogen-bond donors (Lipinski definition) is 1. The van der Waals surface area contributed by atoms with E-state index in [9.17, 15) is 4.79 Å². The third-order valence-corrected chi connectivity index (χ3v) is 4.24. The molecule has 24 heavy (non-hydrogen) atoms. The lowest BCUT2D eigenvalue weighted by molar-refractivity contribution is 1.01. The maximum Gasteiger partial charge on any atom is 0.269 e. The zero-order valence-electron chi connectivity index (χ0n) is 13.1. The van der Waals surface area contributed by atoms with Gasteiger partial charge in [-0.15, -0.1) is 11.3 Å². The van der Waals surface area contributed by atoms with Crippen LogP contribution < -0.4 is 5.56 Å². The Labute approximate surface area is 142 Å². The van der Waals surface area contributed by atoms with E-state index >= 15 is 0 Å². The number of pyridine rings is 1. The van der Waals surface area contributed by atoms with Crippen molar-refractivity contribution in [3.05, 3.63) is 62.9 Å². The van der Waals surface area contributed by atoms with E-state index in [2.05, 4.69) is 19.9 Å². The number of aryl methyl sites for hydroxylation is 1. The van der Waals surface area contributed by atoms with Gasteiger partial charge < -0.3 is 4.98 Å². The van der Waals surface area contributed by atoms with Crippen LogP contribution in [0.2, 0.25) is 0 Å². The van der Waals surface area contributed by atoms with Crippen molar-refractivity contribution < 1.29 is 0 Å². The van der Waals surface area contributed by atoms with Gasteiger partial charge in [0.25, 0.3) is 5.56 Å². The first-order valence-electron chi connectivity index (χ1n) is 7.15. The topological polar surface area (TPSA) is 95.3 Å². The van der Waals surface area contributed by atoms with Gasteiger partial charge in [0.2, 0.25) is 0 Å². The molecule has 0 saturated heterocycles. The molecule has 3 aromatic rings. The van der Waals surface area contributed by atoms with E-state index in [1.807, 2.05) is 42.6 Å². The van der Waals surface area contributed by atoms with Crippen LogP contribution in [0.4, 0.5) is 0 Å². The van der Waals surface area contributed by atoms with Gasteiger partial charge in [-0.2, -0.15) is 5.26 Å². The van der Waals surface area contributed by atoms with E-state index in [0.29, 0.717) is 11.5 Å². The standard InChI is InChI=1S/C17H13N5OS/c1-10(15-20-11(2)13(8-18)16(23)22-15)7-12-9-24-17(21-12)14-5-3-4-6-19-14/h3-7,9H,1-2H3,(H,20,22,23). The fraction of sp³-hybridized carbons (Fsp3) is 0.118. The average molecular weight is 335 g/mol. The minimum absolute atomic E-state index is 0.0395. The molecule has 7 heteroatoms. The van der Waals surface area contributed by atoms with Gasteiger partial charge in [-0.3, -0.25) is 9.78 Å². The Hall–Kier alpha value is -3.11. The number of allylic oxidation sites excluding steroid dienone is 1. The smallest absolute Gasteiger partial charge is 0.269 e. The molecule has 0 fully saturated rings. The molecule has 0 saturated carbocycles. The summed E-state index contributed by atoms with van der Waals surface area (Å²) in [6.07, 6.45) is 3.57. The molecule has 0 aromatic carbocycles. The summed E-state index contributed by atoms with van der Waals surface area (Å²) in [5.41, 5.74) is 2.37. The lowest BCUT2D eigenvalue weighted by Crippen LogP contribution is -2.16. The highest BCUT2D eigenvalue weighted by Gasteiger charge is 2.09. The third-order valence-electron chi connectivity index (χ3n) is 3.36. The van der Waals surface area contributed by atoms with Crippen LogP contribution in [0.1, 0.15) is 29.7 Å². The van der Waals surface area contributed by atoms with Gasteiger partial charge in [-0.25, -0.2) is 9.97 Å². The molecule has 0 atom stereocenters. The minimum Gasteiger partial charge on any atom is -0.306 e. The van der Waals surface area contributed by atoms with Crippen LogP contribution in [0, 0.1) is 18.3 Å². The molecule has 3 aromatic heterocycles. The van der Waals surface area contributed by atoms with Gasteiger partial charge in [0.05, 0.1) is 17.1 Å². The number of H-pyrrole nitrogens is 1. The molecule has 0 unspecified atom stereocenters. The fourth-order valence-corrected chi connectivity index (χ4v) is 2.91. The molecule has 0 aliphatic heterocycles. The first kappa shape index (κ1) is 15.8. The summed E-state index contributed by atoms with van der Waals surface area (Å²) in [7, 11) is 0. The lowest BCUT2D eigenvalue weighted by Gasteiger charge is -2.02. The van der Waals surface area contributed by atoms with Crippen LogP contribution in [0.15, 0.2) is 34.6 Å². The number of nitriles is 1. The van der Waals surface area contributed by atoms with Crippen molar-refractivity contribution in [1.29, 1.82) is 5.26 Å². The van der Waals surface area contributed by atoms with Crippen LogP contribution in [0.3, 0.4) is 0 Å². The number of nitrogens with zero attached hydrogens (tertiary/aromatic N) is 4. The van der Waals surface area contributed by atoms with Crippen LogP contribution in [0.5, 0.6) is 0 Å². The van der Waals surface area contributed by atoms with Crippen molar-refractivity contribution in [2.45, 2.75) is 13.8 Å². The molecular weight excluding hydrogens is 322 g/mol. The molecule has 0 amide bonds. The van der Waals surface area contributed by atoms with E-state index in [4.69, 9.17) is 5.26 Å². The van der Waals surface area contributed by atoms with Crippen molar-refractivity contribution in [2.24, 2.45) is 0 Å².